The van der Waals surface area contributed by atoms with Crippen molar-refractivity contribution >= 4 is 23.5 Å². The van der Waals surface area contributed by atoms with E-state index in [4.69, 9.17) is 16.0 Å². The number of aromatic nitrogens is 2. The molecule has 1 aliphatic heterocycles. The van der Waals surface area contributed by atoms with E-state index in [1.165, 1.54) is 18.2 Å². The second-order valence-electron chi connectivity index (χ2n) is 6.53. The highest BCUT2D eigenvalue weighted by molar-refractivity contribution is 6.33. The van der Waals surface area contributed by atoms with Crippen LogP contribution in [0, 0.1) is 5.82 Å². The average molecular weight is 401 g/mol. The zero-order chi connectivity index (χ0) is 19.5. The van der Waals surface area contributed by atoms with Gasteiger partial charge in [0.15, 0.2) is 0 Å². The standard InChI is InChI=1S/C20H18ClFN4O2/c21-14-9-6-10-15(22)16(14)18(27)23-17(13-7-2-1-3-8-13)19-24-25-20(28-19)26-11-4-5-12-26/h1-3,6-10,17H,4-5,11-12H2,(H,23,27). The topological polar surface area (TPSA) is 71.3 Å². The molecule has 2 aromatic carbocycles. The second-order valence-corrected chi connectivity index (χ2v) is 6.94. The summed E-state index contributed by atoms with van der Waals surface area (Å²) >= 11 is 6.03. The van der Waals surface area contributed by atoms with Gasteiger partial charge in [-0.3, -0.25) is 4.79 Å². The summed E-state index contributed by atoms with van der Waals surface area (Å²) in [7, 11) is 0. The molecule has 28 heavy (non-hydrogen) atoms. The number of hydrogen-bond donors (Lipinski definition) is 1. The lowest BCUT2D eigenvalue weighted by molar-refractivity contribution is 0.0934. The Hall–Kier alpha value is -2.93. The van der Waals surface area contributed by atoms with Gasteiger partial charge in [0.1, 0.15) is 11.9 Å². The van der Waals surface area contributed by atoms with Gasteiger partial charge in [0, 0.05) is 13.1 Å². The summed E-state index contributed by atoms with van der Waals surface area (Å²) in [6.45, 7) is 1.71. The molecule has 0 bridgehead atoms. The predicted molar refractivity (Wildman–Crippen MR) is 103 cm³/mol. The fourth-order valence-electron chi connectivity index (χ4n) is 3.23. The first-order chi connectivity index (χ1) is 13.6. The van der Waals surface area contributed by atoms with Crippen molar-refractivity contribution < 1.29 is 13.6 Å². The molecular formula is C20H18ClFN4O2. The molecule has 1 unspecified atom stereocenters. The number of nitrogens with zero attached hydrogens (tertiary/aromatic N) is 3. The number of hydrogen-bond acceptors (Lipinski definition) is 5. The quantitative estimate of drug-likeness (QED) is 0.701. The van der Waals surface area contributed by atoms with Crippen LogP contribution in [0.15, 0.2) is 52.9 Å². The highest BCUT2D eigenvalue weighted by atomic mass is 35.5. The first kappa shape index (κ1) is 18.4. The van der Waals surface area contributed by atoms with E-state index in [0.29, 0.717) is 6.01 Å². The van der Waals surface area contributed by atoms with Gasteiger partial charge in [-0.15, -0.1) is 5.10 Å². The predicted octanol–water partition coefficient (Wildman–Crippen LogP) is 3.98. The largest absolute Gasteiger partial charge is 0.405 e. The van der Waals surface area contributed by atoms with Crippen LogP contribution >= 0.6 is 11.6 Å². The number of nitrogens with one attached hydrogen (secondary N) is 1. The zero-order valence-corrected chi connectivity index (χ0v) is 15.7. The third-order valence-corrected chi connectivity index (χ3v) is 4.97. The lowest BCUT2D eigenvalue weighted by Crippen LogP contribution is -2.30. The van der Waals surface area contributed by atoms with Gasteiger partial charge in [-0.2, -0.15) is 0 Å². The van der Waals surface area contributed by atoms with Crippen molar-refractivity contribution in [3.63, 3.8) is 0 Å². The van der Waals surface area contributed by atoms with Crippen LogP contribution in [0.3, 0.4) is 0 Å². The number of amides is 1. The van der Waals surface area contributed by atoms with Crippen LogP contribution in [0.4, 0.5) is 10.4 Å². The van der Waals surface area contributed by atoms with E-state index in [9.17, 15) is 9.18 Å². The fraction of sp³-hybridized carbons (Fsp3) is 0.250. The Morgan fingerprint density at radius 1 is 1.11 bits per heavy atom. The van der Waals surface area contributed by atoms with Gasteiger partial charge >= 0.3 is 6.01 Å². The van der Waals surface area contributed by atoms with Crippen molar-refractivity contribution in [2.24, 2.45) is 0 Å². The number of halogens is 2. The summed E-state index contributed by atoms with van der Waals surface area (Å²) < 4.78 is 20.0. The van der Waals surface area contributed by atoms with Gasteiger partial charge in [-0.25, -0.2) is 4.39 Å². The Kier molecular flexibility index (Phi) is 5.25. The molecule has 0 spiro atoms. The van der Waals surface area contributed by atoms with E-state index in [-0.39, 0.29) is 16.5 Å². The Labute approximate surface area is 166 Å². The summed E-state index contributed by atoms with van der Waals surface area (Å²) in [4.78, 5) is 14.8. The molecule has 8 heteroatoms. The fourth-order valence-corrected chi connectivity index (χ4v) is 3.48. The summed E-state index contributed by atoms with van der Waals surface area (Å²) in [6.07, 6.45) is 2.14. The molecule has 3 aromatic rings. The zero-order valence-electron chi connectivity index (χ0n) is 14.9. The Morgan fingerprint density at radius 2 is 1.86 bits per heavy atom. The second kappa shape index (κ2) is 7.98. The van der Waals surface area contributed by atoms with E-state index in [1.54, 1.807) is 0 Å². The molecule has 6 nitrogen and oxygen atoms in total. The monoisotopic (exact) mass is 400 g/mol. The minimum atomic E-state index is -0.728. The molecule has 1 amide bonds. The summed E-state index contributed by atoms with van der Waals surface area (Å²) in [5.41, 5.74) is 0.518. The molecule has 4 rings (SSSR count). The van der Waals surface area contributed by atoms with Crippen molar-refractivity contribution in [2.45, 2.75) is 18.9 Å². The van der Waals surface area contributed by atoms with Crippen molar-refractivity contribution in [2.75, 3.05) is 18.0 Å². The van der Waals surface area contributed by atoms with Crippen LogP contribution < -0.4 is 10.2 Å². The van der Waals surface area contributed by atoms with E-state index < -0.39 is 17.8 Å². The Morgan fingerprint density at radius 3 is 2.57 bits per heavy atom. The highest BCUT2D eigenvalue weighted by Gasteiger charge is 2.27. The molecule has 1 saturated heterocycles. The van der Waals surface area contributed by atoms with Gasteiger partial charge in [0.25, 0.3) is 5.91 Å². The van der Waals surface area contributed by atoms with Crippen molar-refractivity contribution in [1.29, 1.82) is 0 Å². The van der Waals surface area contributed by atoms with E-state index in [2.05, 4.69) is 15.5 Å². The van der Waals surface area contributed by atoms with E-state index in [0.717, 1.165) is 31.5 Å². The van der Waals surface area contributed by atoms with Gasteiger partial charge in [-0.05, 0) is 30.5 Å². The molecule has 0 radical (unpaired) electrons. The van der Waals surface area contributed by atoms with Crippen LogP contribution in [-0.2, 0) is 0 Å². The third-order valence-electron chi connectivity index (χ3n) is 4.65. The molecule has 1 N–H and O–H groups in total. The molecule has 1 aliphatic rings. The number of benzene rings is 2. The van der Waals surface area contributed by atoms with Gasteiger partial charge in [-0.1, -0.05) is 53.1 Å². The highest BCUT2D eigenvalue weighted by Crippen LogP contribution is 2.27. The van der Waals surface area contributed by atoms with Crippen molar-refractivity contribution in [3.05, 3.63) is 76.4 Å². The smallest absolute Gasteiger partial charge is 0.318 e. The maximum Gasteiger partial charge on any atom is 0.318 e. The van der Waals surface area contributed by atoms with E-state index >= 15 is 0 Å². The first-order valence-electron chi connectivity index (χ1n) is 9.01. The van der Waals surface area contributed by atoms with Gasteiger partial charge in [0.05, 0.1) is 10.6 Å². The molecule has 0 saturated carbocycles. The number of carbonyl (C=O) groups excluding carboxylic acids is 1. The SMILES string of the molecule is O=C(NC(c1ccccc1)c1nnc(N2CCCC2)o1)c1c(F)cccc1Cl. The third kappa shape index (κ3) is 3.71. The Bertz CT molecular complexity index is 953. The van der Waals surface area contributed by atoms with Crippen LogP contribution in [0.1, 0.15) is 40.7 Å². The molecule has 1 atom stereocenters. The number of rotatable bonds is 5. The number of anilines is 1. The molecule has 2 heterocycles. The summed E-state index contributed by atoms with van der Waals surface area (Å²) in [5, 5.41) is 11.1. The lowest BCUT2D eigenvalue weighted by atomic mass is 10.1. The average Bonchev–Trinajstić information content (AvgIpc) is 3.38. The van der Waals surface area contributed by atoms with Crippen LogP contribution in [0.5, 0.6) is 0 Å². The van der Waals surface area contributed by atoms with Crippen LogP contribution in [0.25, 0.3) is 0 Å². The molecule has 1 fully saturated rings. The molecule has 0 aliphatic carbocycles. The number of carbonyl (C=O) groups is 1. The summed E-state index contributed by atoms with van der Waals surface area (Å²) in [5.74, 6) is -1.12. The van der Waals surface area contributed by atoms with Crippen molar-refractivity contribution in [1.82, 2.24) is 15.5 Å². The summed E-state index contributed by atoms with van der Waals surface area (Å²) in [6, 6.07) is 13.0. The van der Waals surface area contributed by atoms with Crippen molar-refractivity contribution in [3.8, 4) is 0 Å². The van der Waals surface area contributed by atoms with Gasteiger partial charge in [0.2, 0.25) is 5.89 Å². The molecule has 144 valence electrons. The van der Waals surface area contributed by atoms with E-state index in [1.807, 2.05) is 35.2 Å². The normalized spacial score (nSPS) is 14.9. The van der Waals surface area contributed by atoms with Crippen LogP contribution in [0.2, 0.25) is 5.02 Å². The molecule has 1 aromatic heterocycles. The van der Waals surface area contributed by atoms with Crippen LogP contribution in [-0.4, -0.2) is 29.2 Å². The molecular weight excluding hydrogens is 383 g/mol. The first-order valence-corrected chi connectivity index (χ1v) is 9.39. The minimum Gasteiger partial charge on any atom is -0.405 e. The minimum absolute atomic E-state index is 0.0348. The van der Waals surface area contributed by atoms with Gasteiger partial charge < -0.3 is 14.6 Å². The maximum atomic E-state index is 14.2. The lowest BCUT2D eigenvalue weighted by Gasteiger charge is -2.17. The Balaban J connectivity index is 1.66. The maximum absolute atomic E-state index is 14.2.